The minimum Gasteiger partial charge on any atom is -0.481 e. The summed E-state index contributed by atoms with van der Waals surface area (Å²) in [4.78, 5) is 25.3. The van der Waals surface area contributed by atoms with Gasteiger partial charge in [0, 0.05) is 18.0 Å². The van der Waals surface area contributed by atoms with Gasteiger partial charge in [0.25, 0.3) is 5.91 Å². The summed E-state index contributed by atoms with van der Waals surface area (Å²) in [5, 5.41) is 8.92. The predicted octanol–water partition coefficient (Wildman–Crippen LogP) is 2.54. The largest absolute Gasteiger partial charge is 0.481 e. The molecule has 1 aromatic heterocycles. The number of alkyl halides is 3. The molecule has 0 aromatic carbocycles. The maximum atomic E-state index is 13.0. The van der Waals surface area contributed by atoms with E-state index in [1.165, 1.54) is 17.4 Å². The molecule has 1 aliphatic rings. The number of carboxylic acids is 1. The Labute approximate surface area is 116 Å². The molecular weight excluding hydrogens is 295 g/mol. The maximum absolute atomic E-state index is 13.0. The molecule has 1 atom stereocenters. The number of hydrogen-bond acceptors (Lipinski definition) is 3. The highest BCUT2D eigenvalue weighted by Gasteiger charge is 2.64. The lowest BCUT2D eigenvalue weighted by molar-refractivity contribution is -0.227. The van der Waals surface area contributed by atoms with Crippen LogP contribution in [0.3, 0.4) is 0 Å². The number of aliphatic carboxylic acids is 1. The second-order valence-corrected chi connectivity index (χ2v) is 6.06. The highest BCUT2D eigenvalue weighted by Crippen LogP contribution is 2.46. The van der Waals surface area contributed by atoms with Crippen molar-refractivity contribution >= 4 is 23.2 Å². The minimum atomic E-state index is -4.88. The van der Waals surface area contributed by atoms with E-state index in [1.54, 1.807) is 13.0 Å². The van der Waals surface area contributed by atoms with Gasteiger partial charge in [0.05, 0.1) is 4.88 Å². The van der Waals surface area contributed by atoms with Crippen LogP contribution in [0.1, 0.15) is 21.0 Å². The van der Waals surface area contributed by atoms with E-state index in [2.05, 4.69) is 0 Å². The minimum absolute atomic E-state index is 0.207. The summed E-state index contributed by atoms with van der Waals surface area (Å²) in [5.41, 5.74) is -2.85. The van der Waals surface area contributed by atoms with Crippen LogP contribution >= 0.6 is 11.3 Å². The van der Waals surface area contributed by atoms with Crippen molar-refractivity contribution in [2.24, 2.45) is 5.41 Å². The third-order valence-electron chi connectivity index (χ3n) is 3.46. The summed E-state index contributed by atoms with van der Waals surface area (Å²) < 4.78 is 39.0. The highest BCUT2D eigenvalue weighted by molar-refractivity contribution is 7.13. The molecule has 1 amide bonds. The molecule has 1 N–H and O–H groups in total. The number of aryl methyl sites for hydroxylation is 1. The van der Waals surface area contributed by atoms with Crippen molar-refractivity contribution in [1.29, 1.82) is 0 Å². The fraction of sp³-hybridized carbons (Fsp3) is 0.500. The molecule has 0 spiro atoms. The molecule has 20 heavy (non-hydrogen) atoms. The van der Waals surface area contributed by atoms with Crippen molar-refractivity contribution in [2.45, 2.75) is 19.5 Å². The van der Waals surface area contributed by atoms with Crippen LogP contribution in [0, 0.1) is 12.3 Å². The molecule has 1 aliphatic heterocycles. The van der Waals surface area contributed by atoms with Gasteiger partial charge >= 0.3 is 12.1 Å². The molecule has 1 saturated heterocycles. The van der Waals surface area contributed by atoms with Crippen LogP contribution in [0.5, 0.6) is 0 Å². The van der Waals surface area contributed by atoms with Crippen molar-refractivity contribution < 1.29 is 27.9 Å². The SMILES string of the molecule is Cc1ccc(C(=O)N2CCC(C(=O)O)(C(F)(F)F)C2)s1. The fourth-order valence-corrected chi connectivity index (χ4v) is 3.05. The van der Waals surface area contributed by atoms with E-state index in [-0.39, 0.29) is 6.54 Å². The smallest absolute Gasteiger partial charge is 0.406 e. The lowest BCUT2D eigenvalue weighted by Crippen LogP contribution is -2.47. The average molecular weight is 307 g/mol. The summed E-state index contributed by atoms with van der Waals surface area (Å²) in [7, 11) is 0. The monoisotopic (exact) mass is 307 g/mol. The van der Waals surface area contributed by atoms with Gasteiger partial charge in [-0.1, -0.05) is 0 Å². The van der Waals surface area contributed by atoms with Crippen LogP contribution in [0.25, 0.3) is 0 Å². The first-order valence-corrected chi connectivity index (χ1v) is 6.65. The first-order chi connectivity index (χ1) is 9.17. The number of carbonyl (C=O) groups excluding carboxylic acids is 1. The van der Waals surface area contributed by atoms with Gasteiger partial charge < -0.3 is 10.0 Å². The number of thiophene rings is 1. The molecule has 0 saturated carbocycles. The molecule has 1 unspecified atom stereocenters. The van der Waals surface area contributed by atoms with Gasteiger partial charge in [0.2, 0.25) is 0 Å². The van der Waals surface area contributed by atoms with E-state index in [9.17, 15) is 22.8 Å². The van der Waals surface area contributed by atoms with Gasteiger partial charge in [-0.3, -0.25) is 9.59 Å². The number of nitrogens with zero attached hydrogens (tertiary/aromatic N) is 1. The van der Waals surface area contributed by atoms with E-state index in [1.807, 2.05) is 0 Å². The number of likely N-dealkylation sites (tertiary alicyclic amines) is 1. The number of carbonyl (C=O) groups is 2. The summed E-state index contributed by atoms with van der Waals surface area (Å²) in [5.74, 6) is -2.47. The zero-order chi connectivity index (χ0) is 15.1. The molecule has 2 rings (SSSR count). The summed E-state index contributed by atoms with van der Waals surface area (Å²) in [6.07, 6.45) is -5.48. The Kier molecular flexibility index (Phi) is 3.53. The zero-order valence-corrected chi connectivity index (χ0v) is 11.3. The van der Waals surface area contributed by atoms with Crippen molar-refractivity contribution in [3.05, 3.63) is 21.9 Å². The Balaban J connectivity index is 2.23. The molecule has 4 nitrogen and oxygen atoms in total. The number of carboxylic acid groups (broad SMARTS) is 1. The average Bonchev–Trinajstić information content (AvgIpc) is 2.93. The Morgan fingerprint density at radius 2 is 2.05 bits per heavy atom. The molecule has 110 valence electrons. The Bertz CT molecular complexity index is 554. The van der Waals surface area contributed by atoms with Gasteiger partial charge in [-0.05, 0) is 25.5 Å². The summed E-state index contributed by atoms with van der Waals surface area (Å²) in [6.45, 7) is 0.742. The van der Waals surface area contributed by atoms with Crippen LogP contribution in [0.4, 0.5) is 13.2 Å². The summed E-state index contributed by atoms with van der Waals surface area (Å²) in [6, 6.07) is 3.23. The van der Waals surface area contributed by atoms with Gasteiger partial charge in [-0.15, -0.1) is 11.3 Å². The van der Waals surface area contributed by atoms with Gasteiger partial charge in [-0.25, -0.2) is 0 Å². The lowest BCUT2D eigenvalue weighted by Gasteiger charge is -2.27. The van der Waals surface area contributed by atoms with Crippen LogP contribution < -0.4 is 0 Å². The second kappa shape index (κ2) is 4.76. The standard InChI is InChI=1S/C12H12F3NO3S/c1-7-2-3-8(20-7)9(17)16-5-4-11(6-16,10(18)19)12(13,14)15/h2-3H,4-6H2,1H3,(H,18,19). The van der Waals surface area contributed by atoms with Crippen molar-refractivity contribution in [3.8, 4) is 0 Å². The topological polar surface area (TPSA) is 57.6 Å². The fourth-order valence-electron chi connectivity index (χ4n) is 2.22. The highest BCUT2D eigenvalue weighted by atomic mass is 32.1. The second-order valence-electron chi connectivity index (χ2n) is 4.77. The van der Waals surface area contributed by atoms with E-state index in [4.69, 9.17) is 5.11 Å². The normalized spacial score (nSPS) is 23.1. The van der Waals surface area contributed by atoms with Crippen molar-refractivity contribution in [3.63, 3.8) is 0 Å². The van der Waals surface area contributed by atoms with Crippen LogP contribution in [0.15, 0.2) is 12.1 Å². The number of rotatable bonds is 2. The zero-order valence-electron chi connectivity index (χ0n) is 10.5. The summed E-state index contributed by atoms with van der Waals surface area (Å²) >= 11 is 1.18. The maximum Gasteiger partial charge on any atom is 0.406 e. The van der Waals surface area contributed by atoms with E-state index in [0.29, 0.717) is 4.88 Å². The third-order valence-corrected chi connectivity index (χ3v) is 4.45. The van der Waals surface area contributed by atoms with E-state index in [0.717, 1.165) is 9.78 Å². The first-order valence-electron chi connectivity index (χ1n) is 5.83. The van der Waals surface area contributed by atoms with Gasteiger partial charge in [0.1, 0.15) is 0 Å². The van der Waals surface area contributed by atoms with Gasteiger partial charge in [-0.2, -0.15) is 13.2 Å². The molecule has 1 aromatic rings. The molecule has 2 heterocycles. The molecule has 0 bridgehead atoms. The number of halogens is 3. The number of hydrogen-bond donors (Lipinski definition) is 1. The van der Waals surface area contributed by atoms with Crippen LogP contribution in [0.2, 0.25) is 0 Å². The first kappa shape index (κ1) is 14.8. The van der Waals surface area contributed by atoms with Gasteiger partial charge in [0.15, 0.2) is 5.41 Å². The molecule has 0 radical (unpaired) electrons. The Morgan fingerprint density at radius 1 is 1.40 bits per heavy atom. The van der Waals surface area contributed by atoms with Crippen molar-refractivity contribution in [2.75, 3.05) is 13.1 Å². The Morgan fingerprint density at radius 3 is 2.45 bits per heavy atom. The lowest BCUT2D eigenvalue weighted by atomic mass is 9.86. The molecule has 8 heteroatoms. The molecule has 1 fully saturated rings. The van der Waals surface area contributed by atoms with Crippen LogP contribution in [-0.2, 0) is 4.79 Å². The van der Waals surface area contributed by atoms with Crippen LogP contribution in [-0.4, -0.2) is 41.1 Å². The quantitative estimate of drug-likeness (QED) is 0.913. The molecule has 0 aliphatic carbocycles. The van der Waals surface area contributed by atoms with Crippen molar-refractivity contribution in [1.82, 2.24) is 4.90 Å². The predicted molar refractivity (Wildman–Crippen MR) is 65.7 cm³/mol. The van der Waals surface area contributed by atoms with E-state index >= 15 is 0 Å². The molecular formula is C12H12F3NO3S. The Hall–Kier alpha value is -1.57. The number of amides is 1. The van der Waals surface area contributed by atoms with E-state index < -0.39 is 36.4 Å². The third kappa shape index (κ3) is 2.28.